The Labute approximate surface area is 174 Å². The van der Waals surface area contributed by atoms with E-state index >= 15 is 0 Å². The van der Waals surface area contributed by atoms with Crippen molar-refractivity contribution in [2.24, 2.45) is 0 Å². The largest absolute Gasteiger partial charge is 0.497 e. The maximum atomic E-state index is 13.3. The van der Waals surface area contributed by atoms with Gasteiger partial charge in [0.15, 0.2) is 0 Å². The summed E-state index contributed by atoms with van der Waals surface area (Å²) in [6, 6.07) is 19.2. The molecule has 3 aromatic carbocycles. The highest BCUT2D eigenvalue weighted by Gasteiger charge is 2.11. The van der Waals surface area contributed by atoms with Gasteiger partial charge in [-0.1, -0.05) is 24.3 Å². The Morgan fingerprint density at radius 3 is 2.00 bits per heavy atom. The van der Waals surface area contributed by atoms with Crippen molar-refractivity contribution < 1.29 is 13.5 Å². The Balaban J connectivity index is 1.52. The van der Waals surface area contributed by atoms with Crippen LogP contribution in [0.5, 0.6) is 5.75 Å². The number of methoxy groups -OCH3 is 1. The van der Waals surface area contributed by atoms with E-state index in [0.717, 1.165) is 40.7 Å². The smallest absolute Gasteiger partial charge is 0.123 e. The molecule has 4 aromatic rings. The van der Waals surface area contributed by atoms with Gasteiger partial charge in [0.2, 0.25) is 0 Å². The maximum absolute atomic E-state index is 13.3. The second-order valence-electron chi connectivity index (χ2n) is 7.44. The van der Waals surface area contributed by atoms with Crippen LogP contribution in [0.4, 0.5) is 8.78 Å². The van der Waals surface area contributed by atoms with Gasteiger partial charge in [0.1, 0.15) is 17.4 Å². The van der Waals surface area contributed by atoms with E-state index in [-0.39, 0.29) is 11.6 Å². The van der Waals surface area contributed by atoms with Gasteiger partial charge in [-0.3, -0.25) is 4.90 Å². The number of nitrogens with one attached hydrogen (secondary N) is 1. The van der Waals surface area contributed by atoms with Crippen LogP contribution in [0.25, 0.3) is 10.9 Å². The van der Waals surface area contributed by atoms with Gasteiger partial charge in [-0.15, -0.1) is 0 Å². The van der Waals surface area contributed by atoms with Gasteiger partial charge < -0.3 is 9.72 Å². The Morgan fingerprint density at radius 1 is 0.833 bits per heavy atom. The van der Waals surface area contributed by atoms with Crippen molar-refractivity contribution in [1.82, 2.24) is 9.88 Å². The van der Waals surface area contributed by atoms with E-state index in [1.54, 1.807) is 7.11 Å². The number of aromatic amines is 1. The number of rotatable bonds is 8. The number of benzene rings is 3. The Bertz CT molecular complexity index is 1060. The molecule has 154 valence electrons. The number of nitrogens with zero attached hydrogens (tertiary/aromatic N) is 1. The van der Waals surface area contributed by atoms with E-state index in [0.29, 0.717) is 13.1 Å². The molecule has 1 N–H and O–H groups in total. The summed E-state index contributed by atoms with van der Waals surface area (Å²) in [6.45, 7) is 2.17. The second kappa shape index (κ2) is 9.09. The lowest BCUT2D eigenvalue weighted by atomic mass is 10.1. The molecule has 0 radical (unpaired) electrons. The van der Waals surface area contributed by atoms with Gasteiger partial charge in [0, 0.05) is 36.7 Å². The lowest BCUT2D eigenvalue weighted by Gasteiger charge is -2.22. The molecule has 3 nitrogen and oxygen atoms in total. The van der Waals surface area contributed by atoms with Crippen LogP contribution in [-0.4, -0.2) is 23.5 Å². The van der Waals surface area contributed by atoms with Crippen LogP contribution in [0.2, 0.25) is 0 Å². The number of halogens is 2. The number of hydrogen-bond acceptors (Lipinski definition) is 2. The van der Waals surface area contributed by atoms with Crippen molar-refractivity contribution in [2.45, 2.75) is 19.5 Å². The summed E-state index contributed by atoms with van der Waals surface area (Å²) in [7, 11) is 1.67. The lowest BCUT2D eigenvalue weighted by molar-refractivity contribution is 0.260. The average Bonchev–Trinajstić information content (AvgIpc) is 3.17. The van der Waals surface area contributed by atoms with Crippen LogP contribution in [-0.2, 0) is 19.5 Å². The Kier molecular flexibility index (Phi) is 6.10. The summed E-state index contributed by atoms with van der Waals surface area (Å²) in [5.74, 6) is 0.353. The van der Waals surface area contributed by atoms with Crippen LogP contribution >= 0.6 is 0 Å². The molecular formula is C25H24F2N2O. The van der Waals surface area contributed by atoms with Crippen molar-refractivity contribution in [3.8, 4) is 5.75 Å². The first-order valence-corrected chi connectivity index (χ1v) is 9.96. The highest BCUT2D eigenvalue weighted by atomic mass is 19.1. The van der Waals surface area contributed by atoms with E-state index in [4.69, 9.17) is 4.74 Å². The Morgan fingerprint density at radius 2 is 1.43 bits per heavy atom. The molecule has 0 aliphatic rings. The lowest BCUT2D eigenvalue weighted by Crippen LogP contribution is -2.25. The van der Waals surface area contributed by atoms with Crippen LogP contribution in [0.15, 0.2) is 72.9 Å². The molecule has 1 heterocycles. The first-order valence-electron chi connectivity index (χ1n) is 9.96. The summed E-state index contributed by atoms with van der Waals surface area (Å²) < 4.78 is 31.9. The first kappa shape index (κ1) is 20.1. The molecule has 0 fully saturated rings. The fourth-order valence-electron chi connectivity index (χ4n) is 3.68. The van der Waals surface area contributed by atoms with Gasteiger partial charge in [0.25, 0.3) is 0 Å². The molecule has 0 unspecified atom stereocenters. The van der Waals surface area contributed by atoms with Crippen LogP contribution in [0.1, 0.15) is 16.7 Å². The maximum Gasteiger partial charge on any atom is 0.123 e. The van der Waals surface area contributed by atoms with Crippen molar-refractivity contribution in [3.63, 3.8) is 0 Å². The zero-order chi connectivity index (χ0) is 20.9. The van der Waals surface area contributed by atoms with Gasteiger partial charge in [0.05, 0.1) is 7.11 Å². The summed E-state index contributed by atoms with van der Waals surface area (Å²) >= 11 is 0. The minimum absolute atomic E-state index is 0.239. The third-order valence-corrected chi connectivity index (χ3v) is 5.31. The average molecular weight is 406 g/mol. The van der Waals surface area contributed by atoms with E-state index in [2.05, 4.69) is 9.88 Å². The molecule has 1 aromatic heterocycles. The zero-order valence-corrected chi connectivity index (χ0v) is 16.9. The Hall–Kier alpha value is -3.18. The van der Waals surface area contributed by atoms with E-state index in [1.807, 2.05) is 48.7 Å². The normalized spacial score (nSPS) is 11.3. The molecule has 30 heavy (non-hydrogen) atoms. The highest BCUT2D eigenvalue weighted by molar-refractivity contribution is 5.84. The van der Waals surface area contributed by atoms with Gasteiger partial charge >= 0.3 is 0 Å². The summed E-state index contributed by atoms with van der Waals surface area (Å²) in [5.41, 5.74) is 4.37. The standard InChI is InChI=1S/C25H24F2N2O/c1-30-23-10-11-25-24(14-23)20(15-28-25)12-13-29(16-18-2-6-21(26)7-3-18)17-19-4-8-22(27)9-5-19/h2-11,14-15,28H,12-13,16-17H2,1H3. The molecule has 0 saturated carbocycles. The molecule has 5 heteroatoms. The van der Waals surface area contributed by atoms with Gasteiger partial charge in [-0.25, -0.2) is 8.78 Å². The third-order valence-electron chi connectivity index (χ3n) is 5.31. The number of hydrogen-bond donors (Lipinski definition) is 1. The fraction of sp³-hybridized carbons (Fsp3) is 0.200. The quantitative estimate of drug-likeness (QED) is 0.407. The molecule has 0 aliphatic carbocycles. The van der Waals surface area contributed by atoms with Crippen LogP contribution < -0.4 is 4.74 Å². The molecule has 0 aliphatic heterocycles. The minimum atomic E-state index is -0.239. The van der Waals surface area contributed by atoms with Crippen LogP contribution in [0.3, 0.4) is 0 Å². The van der Waals surface area contributed by atoms with Crippen molar-refractivity contribution in [3.05, 3.63) is 101 Å². The monoisotopic (exact) mass is 406 g/mol. The fourth-order valence-corrected chi connectivity index (χ4v) is 3.68. The van der Waals surface area contributed by atoms with E-state index in [9.17, 15) is 8.78 Å². The summed E-state index contributed by atoms with van der Waals surface area (Å²) in [6.07, 6.45) is 2.88. The van der Waals surface area contributed by atoms with Gasteiger partial charge in [-0.05, 0) is 65.6 Å². The second-order valence-corrected chi connectivity index (χ2v) is 7.44. The molecule has 0 amide bonds. The number of H-pyrrole nitrogens is 1. The zero-order valence-electron chi connectivity index (χ0n) is 16.9. The van der Waals surface area contributed by atoms with Gasteiger partial charge in [-0.2, -0.15) is 0 Å². The predicted molar refractivity (Wildman–Crippen MR) is 115 cm³/mol. The molecule has 4 rings (SSSR count). The van der Waals surface area contributed by atoms with E-state index in [1.165, 1.54) is 29.8 Å². The highest BCUT2D eigenvalue weighted by Crippen LogP contribution is 2.24. The number of ether oxygens (including phenoxy) is 1. The summed E-state index contributed by atoms with van der Waals surface area (Å²) in [4.78, 5) is 5.61. The van der Waals surface area contributed by atoms with Crippen molar-refractivity contribution in [1.29, 1.82) is 0 Å². The third kappa shape index (κ3) is 4.86. The SMILES string of the molecule is COc1ccc2[nH]cc(CCN(Cc3ccc(F)cc3)Cc3ccc(F)cc3)c2c1. The number of aromatic nitrogens is 1. The topological polar surface area (TPSA) is 28.3 Å². The number of fused-ring (bicyclic) bond motifs is 1. The molecule has 0 atom stereocenters. The molecule has 0 saturated heterocycles. The van der Waals surface area contributed by atoms with Crippen molar-refractivity contribution in [2.75, 3.05) is 13.7 Å². The molecular weight excluding hydrogens is 382 g/mol. The molecule has 0 spiro atoms. The van der Waals surface area contributed by atoms with E-state index < -0.39 is 0 Å². The predicted octanol–water partition coefficient (Wildman–Crippen LogP) is 5.70. The first-order chi connectivity index (χ1) is 14.6. The van der Waals surface area contributed by atoms with Crippen LogP contribution in [0, 0.1) is 11.6 Å². The molecule has 0 bridgehead atoms. The summed E-state index contributed by atoms with van der Waals surface area (Å²) in [5, 5.41) is 1.15. The minimum Gasteiger partial charge on any atom is -0.497 e. The van der Waals surface area contributed by atoms with Crippen molar-refractivity contribution >= 4 is 10.9 Å².